The maximum absolute atomic E-state index is 9.95. The Hall–Kier alpha value is -1.02. The van der Waals surface area contributed by atoms with Gasteiger partial charge in [0.05, 0.1) is 6.10 Å². The Kier molecular flexibility index (Phi) is 1.49. The van der Waals surface area contributed by atoms with E-state index in [0.29, 0.717) is 5.75 Å². The SMILES string of the molecule is Oc1ccc2c(c1)CCC(O)C21CC1. The van der Waals surface area contributed by atoms with Gasteiger partial charge in [0, 0.05) is 5.41 Å². The molecular weight excluding hydrogens is 176 g/mol. The summed E-state index contributed by atoms with van der Waals surface area (Å²) in [5.74, 6) is 0.343. The number of phenolic OH excluding ortho intramolecular Hbond substituents is 1. The fraction of sp³-hybridized carbons (Fsp3) is 0.500. The van der Waals surface area contributed by atoms with Gasteiger partial charge in [-0.2, -0.15) is 0 Å². The highest BCUT2D eigenvalue weighted by Gasteiger charge is 2.52. The topological polar surface area (TPSA) is 40.5 Å². The van der Waals surface area contributed by atoms with Crippen molar-refractivity contribution in [2.75, 3.05) is 0 Å². The zero-order chi connectivity index (χ0) is 9.76. The normalized spacial score (nSPS) is 27.4. The summed E-state index contributed by atoms with van der Waals surface area (Å²) < 4.78 is 0. The molecule has 2 aliphatic carbocycles. The van der Waals surface area contributed by atoms with Crippen LogP contribution in [-0.2, 0) is 11.8 Å². The molecule has 0 aromatic heterocycles. The quantitative estimate of drug-likeness (QED) is 0.654. The van der Waals surface area contributed by atoms with Gasteiger partial charge < -0.3 is 10.2 Å². The second kappa shape index (κ2) is 2.51. The molecular formula is C12H14O2. The van der Waals surface area contributed by atoms with E-state index in [1.54, 1.807) is 6.07 Å². The predicted molar refractivity (Wildman–Crippen MR) is 53.3 cm³/mol. The maximum Gasteiger partial charge on any atom is 0.115 e. The average Bonchev–Trinajstić information content (AvgIpc) is 2.94. The van der Waals surface area contributed by atoms with E-state index in [-0.39, 0.29) is 11.5 Å². The van der Waals surface area contributed by atoms with E-state index in [9.17, 15) is 10.2 Å². The molecule has 1 atom stereocenters. The van der Waals surface area contributed by atoms with Crippen LogP contribution in [0.15, 0.2) is 18.2 Å². The molecule has 0 heterocycles. The summed E-state index contributed by atoms with van der Waals surface area (Å²) in [6.45, 7) is 0. The fourth-order valence-corrected chi connectivity index (χ4v) is 2.76. The highest BCUT2D eigenvalue weighted by atomic mass is 16.3. The van der Waals surface area contributed by atoms with Crippen LogP contribution in [0.4, 0.5) is 0 Å². The Bertz CT molecular complexity index is 380. The molecule has 2 heteroatoms. The van der Waals surface area contributed by atoms with E-state index >= 15 is 0 Å². The first-order valence-corrected chi connectivity index (χ1v) is 5.23. The third kappa shape index (κ3) is 0.947. The van der Waals surface area contributed by atoms with Crippen molar-refractivity contribution in [3.05, 3.63) is 29.3 Å². The zero-order valence-electron chi connectivity index (χ0n) is 8.03. The van der Waals surface area contributed by atoms with Crippen LogP contribution >= 0.6 is 0 Å². The van der Waals surface area contributed by atoms with Gasteiger partial charge in [-0.1, -0.05) is 6.07 Å². The van der Waals surface area contributed by atoms with Crippen molar-refractivity contribution in [1.82, 2.24) is 0 Å². The Balaban J connectivity index is 2.14. The number of aromatic hydroxyl groups is 1. The Morgan fingerprint density at radius 3 is 2.79 bits per heavy atom. The molecule has 1 aromatic rings. The van der Waals surface area contributed by atoms with Crippen molar-refractivity contribution in [3.8, 4) is 5.75 Å². The third-order valence-corrected chi connectivity index (χ3v) is 3.74. The molecule has 0 amide bonds. The second-order valence-corrected chi connectivity index (χ2v) is 4.55. The van der Waals surface area contributed by atoms with Gasteiger partial charge in [0.15, 0.2) is 0 Å². The molecule has 0 aliphatic heterocycles. The van der Waals surface area contributed by atoms with E-state index in [1.165, 1.54) is 11.1 Å². The molecule has 3 rings (SSSR count). The van der Waals surface area contributed by atoms with Gasteiger partial charge in [-0.3, -0.25) is 0 Å². The standard InChI is InChI=1S/C12H14O2/c13-9-2-3-10-8(7-9)1-4-11(14)12(10)5-6-12/h2-3,7,11,13-14H,1,4-6H2. The molecule has 1 spiro atoms. The van der Waals surface area contributed by atoms with Crippen molar-refractivity contribution in [2.45, 2.75) is 37.2 Å². The molecule has 0 radical (unpaired) electrons. The summed E-state index contributed by atoms with van der Waals surface area (Å²) in [5.41, 5.74) is 2.56. The summed E-state index contributed by atoms with van der Waals surface area (Å²) in [7, 11) is 0. The minimum absolute atomic E-state index is 0.0568. The number of fused-ring (bicyclic) bond motifs is 2. The average molecular weight is 190 g/mol. The van der Waals surface area contributed by atoms with Gasteiger partial charge in [-0.05, 0) is 48.9 Å². The zero-order valence-corrected chi connectivity index (χ0v) is 8.03. The van der Waals surface area contributed by atoms with Crippen LogP contribution in [0.2, 0.25) is 0 Å². The molecule has 1 aromatic carbocycles. The lowest BCUT2D eigenvalue weighted by Gasteiger charge is -2.30. The lowest BCUT2D eigenvalue weighted by molar-refractivity contribution is 0.114. The van der Waals surface area contributed by atoms with Crippen LogP contribution in [0, 0.1) is 0 Å². The molecule has 0 saturated heterocycles. The van der Waals surface area contributed by atoms with Gasteiger partial charge >= 0.3 is 0 Å². The van der Waals surface area contributed by atoms with Crippen molar-refractivity contribution in [3.63, 3.8) is 0 Å². The van der Waals surface area contributed by atoms with E-state index < -0.39 is 0 Å². The van der Waals surface area contributed by atoms with Crippen LogP contribution in [0.5, 0.6) is 5.75 Å². The Labute approximate surface area is 83.2 Å². The van der Waals surface area contributed by atoms with Gasteiger partial charge in [0.2, 0.25) is 0 Å². The minimum atomic E-state index is -0.167. The molecule has 2 nitrogen and oxygen atoms in total. The highest BCUT2D eigenvalue weighted by Crippen LogP contribution is 2.55. The monoisotopic (exact) mass is 190 g/mol. The molecule has 2 N–H and O–H groups in total. The van der Waals surface area contributed by atoms with Crippen molar-refractivity contribution >= 4 is 0 Å². The summed E-state index contributed by atoms with van der Waals surface area (Å²) in [5, 5.41) is 19.3. The van der Waals surface area contributed by atoms with E-state index in [1.807, 2.05) is 12.1 Å². The second-order valence-electron chi connectivity index (χ2n) is 4.55. The number of aliphatic hydroxyl groups excluding tert-OH is 1. The van der Waals surface area contributed by atoms with Crippen LogP contribution in [0.3, 0.4) is 0 Å². The lowest BCUT2D eigenvalue weighted by Crippen LogP contribution is -2.31. The summed E-state index contributed by atoms with van der Waals surface area (Å²) >= 11 is 0. The first-order valence-electron chi connectivity index (χ1n) is 5.23. The first kappa shape index (κ1) is 8.30. The number of hydrogen-bond donors (Lipinski definition) is 2. The largest absolute Gasteiger partial charge is 0.508 e. The van der Waals surface area contributed by atoms with Crippen LogP contribution in [0.25, 0.3) is 0 Å². The van der Waals surface area contributed by atoms with Gasteiger partial charge in [-0.25, -0.2) is 0 Å². The van der Waals surface area contributed by atoms with Crippen molar-refractivity contribution in [2.24, 2.45) is 0 Å². The highest BCUT2D eigenvalue weighted by molar-refractivity contribution is 5.45. The van der Waals surface area contributed by atoms with Crippen LogP contribution in [-0.4, -0.2) is 16.3 Å². The Morgan fingerprint density at radius 2 is 2.07 bits per heavy atom. The van der Waals surface area contributed by atoms with Gasteiger partial charge in [-0.15, -0.1) is 0 Å². The summed E-state index contributed by atoms with van der Waals surface area (Å²) in [6, 6.07) is 5.57. The predicted octanol–water partition coefficient (Wildman–Crippen LogP) is 1.73. The molecule has 2 aliphatic rings. The van der Waals surface area contributed by atoms with Crippen LogP contribution < -0.4 is 0 Å². The number of aliphatic hydroxyl groups is 1. The molecule has 74 valence electrons. The number of aryl methyl sites for hydroxylation is 1. The molecule has 14 heavy (non-hydrogen) atoms. The van der Waals surface area contributed by atoms with Crippen LogP contribution in [0.1, 0.15) is 30.4 Å². The molecule has 1 saturated carbocycles. The lowest BCUT2D eigenvalue weighted by atomic mass is 9.78. The molecule has 0 bridgehead atoms. The van der Waals surface area contributed by atoms with E-state index in [2.05, 4.69) is 0 Å². The maximum atomic E-state index is 9.95. The number of rotatable bonds is 0. The smallest absolute Gasteiger partial charge is 0.115 e. The van der Waals surface area contributed by atoms with Crippen molar-refractivity contribution < 1.29 is 10.2 Å². The number of benzene rings is 1. The summed E-state index contributed by atoms with van der Waals surface area (Å²) in [6.07, 6.45) is 3.78. The minimum Gasteiger partial charge on any atom is -0.508 e. The molecule has 1 unspecified atom stereocenters. The number of phenols is 1. The summed E-state index contributed by atoms with van der Waals surface area (Å²) in [4.78, 5) is 0. The van der Waals surface area contributed by atoms with Gasteiger partial charge in [0.1, 0.15) is 5.75 Å². The molecule has 1 fully saturated rings. The number of hydrogen-bond acceptors (Lipinski definition) is 2. The first-order chi connectivity index (χ1) is 6.72. The van der Waals surface area contributed by atoms with Gasteiger partial charge in [0.25, 0.3) is 0 Å². The Morgan fingerprint density at radius 1 is 1.29 bits per heavy atom. The van der Waals surface area contributed by atoms with E-state index in [0.717, 1.165) is 25.7 Å². The third-order valence-electron chi connectivity index (χ3n) is 3.74. The fourth-order valence-electron chi connectivity index (χ4n) is 2.76. The van der Waals surface area contributed by atoms with Crippen molar-refractivity contribution in [1.29, 1.82) is 0 Å². The van der Waals surface area contributed by atoms with E-state index in [4.69, 9.17) is 0 Å².